The van der Waals surface area contributed by atoms with Gasteiger partial charge in [0.1, 0.15) is 17.3 Å². The van der Waals surface area contributed by atoms with Crippen molar-refractivity contribution in [3.63, 3.8) is 0 Å². The summed E-state index contributed by atoms with van der Waals surface area (Å²) in [6, 6.07) is 11.6. The molecule has 0 aliphatic carbocycles. The lowest BCUT2D eigenvalue weighted by atomic mass is 9.95. The van der Waals surface area contributed by atoms with Crippen LogP contribution in [-0.4, -0.2) is 59.9 Å². The zero-order valence-corrected chi connectivity index (χ0v) is 18.0. The molecule has 164 valence electrons. The number of Topliss-reactive ketones (excluding diaryl/α,β-unsaturated/α-hetero) is 1. The van der Waals surface area contributed by atoms with Gasteiger partial charge in [0.05, 0.1) is 24.3 Å². The molecular formula is C24H27FN2O4. The Balaban J connectivity index is 2.12. The minimum atomic E-state index is -0.818. The van der Waals surface area contributed by atoms with Crippen molar-refractivity contribution in [2.45, 2.75) is 19.9 Å². The standard InChI is InChI=1S/C24H27FN2O4/c1-4-26(5-2)14-15-27-21(16-10-12-17(25)13-11-16)20(23(29)24(27)30)22(28)18-8-6-7-9-19(18)31-3/h6-13,21,28H,4-5,14-15H2,1-3H3/b22-20-. The Morgan fingerprint density at radius 2 is 1.74 bits per heavy atom. The Bertz CT molecular complexity index is 983. The van der Waals surface area contributed by atoms with Crippen LogP contribution in [0.1, 0.15) is 31.0 Å². The van der Waals surface area contributed by atoms with Crippen LogP contribution in [0.3, 0.4) is 0 Å². The van der Waals surface area contributed by atoms with Gasteiger partial charge in [-0.2, -0.15) is 0 Å². The summed E-state index contributed by atoms with van der Waals surface area (Å²) in [6.45, 7) is 6.54. The highest BCUT2D eigenvalue weighted by molar-refractivity contribution is 6.46. The summed E-state index contributed by atoms with van der Waals surface area (Å²) < 4.78 is 18.9. The van der Waals surface area contributed by atoms with E-state index in [4.69, 9.17) is 4.74 Å². The summed E-state index contributed by atoms with van der Waals surface area (Å²) in [5.74, 6) is -1.80. The van der Waals surface area contributed by atoms with Crippen molar-refractivity contribution in [2.24, 2.45) is 0 Å². The number of nitrogens with zero attached hydrogens (tertiary/aromatic N) is 2. The molecule has 0 bridgehead atoms. The number of carbonyl (C=O) groups excluding carboxylic acids is 2. The molecule has 0 radical (unpaired) electrons. The molecule has 6 nitrogen and oxygen atoms in total. The predicted molar refractivity (Wildman–Crippen MR) is 116 cm³/mol. The molecule has 1 aliphatic heterocycles. The number of hydrogen-bond donors (Lipinski definition) is 1. The predicted octanol–water partition coefficient (Wildman–Crippen LogP) is 3.60. The summed E-state index contributed by atoms with van der Waals surface area (Å²) in [7, 11) is 1.46. The highest BCUT2D eigenvalue weighted by atomic mass is 19.1. The van der Waals surface area contributed by atoms with Gasteiger partial charge in [0.25, 0.3) is 11.7 Å². The Labute approximate surface area is 181 Å². The first-order valence-electron chi connectivity index (χ1n) is 10.3. The average Bonchev–Trinajstić information content (AvgIpc) is 3.04. The minimum Gasteiger partial charge on any atom is -0.507 e. The largest absolute Gasteiger partial charge is 0.507 e. The zero-order valence-electron chi connectivity index (χ0n) is 18.0. The second kappa shape index (κ2) is 9.75. The van der Waals surface area contributed by atoms with E-state index in [2.05, 4.69) is 4.90 Å². The molecule has 7 heteroatoms. The molecule has 1 unspecified atom stereocenters. The molecule has 1 atom stereocenters. The van der Waals surface area contributed by atoms with Crippen LogP contribution in [0.5, 0.6) is 5.75 Å². The summed E-state index contributed by atoms with van der Waals surface area (Å²) in [5, 5.41) is 11.1. The van der Waals surface area contributed by atoms with Crippen molar-refractivity contribution >= 4 is 17.4 Å². The fourth-order valence-corrected chi connectivity index (χ4v) is 3.88. The SMILES string of the molecule is CCN(CC)CCN1C(=O)C(=O)/C(=C(\O)c2ccccc2OC)C1c1ccc(F)cc1. The molecule has 0 aromatic heterocycles. The first-order valence-corrected chi connectivity index (χ1v) is 10.3. The number of hydrogen-bond acceptors (Lipinski definition) is 5. The van der Waals surface area contributed by atoms with Crippen LogP contribution in [0.25, 0.3) is 5.76 Å². The Hall–Kier alpha value is -3.19. The number of ketones is 1. The maximum atomic E-state index is 13.6. The van der Waals surface area contributed by atoms with Crippen molar-refractivity contribution in [3.8, 4) is 5.75 Å². The van der Waals surface area contributed by atoms with Gasteiger partial charge in [0.15, 0.2) is 0 Å². The highest BCUT2D eigenvalue weighted by Crippen LogP contribution is 2.40. The van der Waals surface area contributed by atoms with Gasteiger partial charge >= 0.3 is 0 Å². The number of rotatable bonds is 8. The van der Waals surface area contributed by atoms with E-state index < -0.39 is 23.5 Å². The van der Waals surface area contributed by atoms with Crippen LogP contribution in [-0.2, 0) is 9.59 Å². The molecule has 1 amide bonds. The van der Waals surface area contributed by atoms with Crippen molar-refractivity contribution < 1.29 is 23.8 Å². The Morgan fingerprint density at radius 3 is 2.35 bits per heavy atom. The second-order valence-corrected chi connectivity index (χ2v) is 7.27. The molecule has 2 aromatic carbocycles. The normalized spacial score (nSPS) is 18.1. The maximum Gasteiger partial charge on any atom is 0.295 e. The molecule has 0 spiro atoms. The molecule has 3 rings (SSSR count). The number of likely N-dealkylation sites (tertiary alicyclic amines) is 1. The lowest BCUT2D eigenvalue weighted by molar-refractivity contribution is -0.140. The van der Waals surface area contributed by atoms with E-state index in [-0.39, 0.29) is 11.3 Å². The lowest BCUT2D eigenvalue weighted by Gasteiger charge is -2.28. The van der Waals surface area contributed by atoms with E-state index in [1.165, 1.54) is 36.3 Å². The van der Waals surface area contributed by atoms with Gasteiger partial charge in [-0.15, -0.1) is 0 Å². The average molecular weight is 426 g/mol. The summed E-state index contributed by atoms with van der Waals surface area (Å²) in [6.07, 6.45) is 0. The van der Waals surface area contributed by atoms with Gasteiger partial charge in [0, 0.05) is 13.1 Å². The molecule has 1 N–H and O–H groups in total. The van der Waals surface area contributed by atoms with Gasteiger partial charge in [-0.1, -0.05) is 38.1 Å². The van der Waals surface area contributed by atoms with Crippen LogP contribution < -0.4 is 4.74 Å². The van der Waals surface area contributed by atoms with Gasteiger partial charge in [0.2, 0.25) is 0 Å². The van der Waals surface area contributed by atoms with Gasteiger partial charge in [-0.05, 0) is 42.9 Å². The van der Waals surface area contributed by atoms with E-state index in [0.29, 0.717) is 30.0 Å². The van der Waals surface area contributed by atoms with Crippen molar-refractivity contribution in [2.75, 3.05) is 33.3 Å². The highest BCUT2D eigenvalue weighted by Gasteiger charge is 2.46. The first-order chi connectivity index (χ1) is 14.9. The fraction of sp³-hybridized carbons (Fsp3) is 0.333. The van der Waals surface area contributed by atoms with Crippen molar-refractivity contribution in [1.82, 2.24) is 9.80 Å². The van der Waals surface area contributed by atoms with Crippen LogP contribution in [0.15, 0.2) is 54.1 Å². The fourth-order valence-electron chi connectivity index (χ4n) is 3.88. The van der Waals surface area contributed by atoms with Crippen LogP contribution >= 0.6 is 0 Å². The summed E-state index contributed by atoms with van der Waals surface area (Å²) in [5.41, 5.74) is 0.844. The molecular weight excluding hydrogens is 399 g/mol. The van der Waals surface area contributed by atoms with Crippen LogP contribution in [0.4, 0.5) is 4.39 Å². The number of para-hydroxylation sites is 1. The van der Waals surface area contributed by atoms with Crippen molar-refractivity contribution in [1.29, 1.82) is 0 Å². The van der Waals surface area contributed by atoms with Crippen LogP contribution in [0, 0.1) is 5.82 Å². The number of methoxy groups -OCH3 is 1. The number of aliphatic hydroxyl groups is 1. The molecule has 1 heterocycles. The minimum absolute atomic E-state index is 0.0272. The molecule has 2 aromatic rings. The quantitative estimate of drug-likeness (QED) is 0.397. The Kier molecular flexibility index (Phi) is 7.07. The van der Waals surface area contributed by atoms with E-state index in [1.807, 2.05) is 13.8 Å². The lowest BCUT2D eigenvalue weighted by Crippen LogP contribution is -2.38. The van der Waals surface area contributed by atoms with E-state index in [1.54, 1.807) is 24.3 Å². The van der Waals surface area contributed by atoms with Gasteiger partial charge < -0.3 is 19.6 Å². The molecule has 0 saturated carbocycles. The van der Waals surface area contributed by atoms with Gasteiger partial charge in [-0.25, -0.2) is 4.39 Å². The zero-order chi connectivity index (χ0) is 22.5. The number of amides is 1. The Morgan fingerprint density at radius 1 is 1.10 bits per heavy atom. The number of benzene rings is 2. The smallest absolute Gasteiger partial charge is 0.295 e. The topological polar surface area (TPSA) is 70.1 Å². The van der Waals surface area contributed by atoms with E-state index in [9.17, 15) is 19.1 Å². The number of halogens is 1. The molecule has 1 aliphatic rings. The number of carbonyl (C=O) groups is 2. The molecule has 1 saturated heterocycles. The molecule has 1 fully saturated rings. The monoisotopic (exact) mass is 426 g/mol. The van der Waals surface area contributed by atoms with E-state index >= 15 is 0 Å². The third-order valence-corrected chi connectivity index (χ3v) is 5.64. The molecule has 31 heavy (non-hydrogen) atoms. The number of likely N-dealkylation sites (N-methyl/N-ethyl adjacent to an activating group) is 1. The van der Waals surface area contributed by atoms with Crippen LogP contribution in [0.2, 0.25) is 0 Å². The summed E-state index contributed by atoms with van der Waals surface area (Å²) >= 11 is 0. The van der Waals surface area contributed by atoms with Crippen molar-refractivity contribution in [3.05, 3.63) is 71.0 Å². The third-order valence-electron chi connectivity index (χ3n) is 5.64. The summed E-state index contributed by atoms with van der Waals surface area (Å²) in [4.78, 5) is 29.6. The number of ether oxygens (including phenoxy) is 1. The number of aliphatic hydroxyl groups excluding tert-OH is 1. The van der Waals surface area contributed by atoms with Gasteiger partial charge in [-0.3, -0.25) is 9.59 Å². The maximum absolute atomic E-state index is 13.6. The third kappa shape index (κ3) is 4.46. The first kappa shape index (κ1) is 22.5. The second-order valence-electron chi connectivity index (χ2n) is 7.27. The van der Waals surface area contributed by atoms with E-state index in [0.717, 1.165) is 13.1 Å².